The van der Waals surface area contributed by atoms with E-state index < -0.39 is 11.9 Å². The number of benzene rings is 1. The third kappa shape index (κ3) is 5.74. The first-order chi connectivity index (χ1) is 13.9. The molecule has 2 aromatic rings. The van der Waals surface area contributed by atoms with Crippen LogP contribution in [0.5, 0.6) is 0 Å². The van der Waals surface area contributed by atoms with E-state index in [1.165, 1.54) is 6.07 Å². The third-order valence-corrected chi connectivity index (χ3v) is 4.89. The zero-order valence-corrected chi connectivity index (χ0v) is 17.4. The number of piperazine rings is 1. The van der Waals surface area contributed by atoms with Gasteiger partial charge in [-0.05, 0) is 12.3 Å². The number of nitrogens with zero attached hydrogens (tertiary/aromatic N) is 3. The van der Waals surface area contributed by atoms with Crippen molar-refractivity contribution in [2.45, 2.75) is 26.3 Å². The average Bonchev–Trinajstić information content (AvgIpc) is 2.73. The highest BCUT2D eigenvalue weighted by molar-refractivity contribution is 6.29. The Bertz CT molecular complexity index is 853. The highest BCUT2D eigenvalue weighted by atomic mass is 35.5. The predicted molar refractivity (Wildman–Crippen MR) is 113 cm³/mol. The molecule has 29 heavy (non-hydrogen) atoms. The van der Waals surface area contributed by atoms with Crippen molar-refractivity contribution >= 4 is 23.4 Å². The largest absolute Gasteiger partial charge is 0.339 e. The van der Waals surface area contributed by atoms with Gasteiger partial charge in [-0.3, -0.25) is 9.59 Å². The molecule has 0 radical (unpaired) electrons. The summed E-state index contributed by atoms with van der Waals surface area (Å²) in [5.74, 6) is 0.135. The van der Waals surface area contributed by atoms with Crippen LogP contribution in [0.25, 0.3) is 11.4 Å². The lowest BCUT2D eigenvalue weighted by atomic mass is 10.0. The van der Waals surface area contributed by atoms with Gasteiger partial charge in [0.2, 0.25) is 5.91 Å². The quantitative estimate of drug-likeness (QED) is 0.707. The van der Waals surface area contributed by atoms with Gasteiger partial charge in [0.1, 0.15) is 16.9 Å². The summed E-state index contributed by atoms with van der Waals surface area (Å²) in [5.41, 5.74) is 0.908. The molecule has 1 aromatic heterocycles. The van der Waals surface area contributed by atoms with E-state index in [2.05, 4.69) is 20.6 Å². The number of amides is 2. The number of hydrogen-bond donors (Lipinski definition) is 2. The number of carbonyl (C=O) groups is 2. The third-order valence-electron chi connectivity index (χ3n) is 4.70. The van der Waals surface area contributed by atoms with Gasteiger partial charge in [0.15, 0.2) is 5.82 Å². The molecule has 1 unspecified atom stereocenters. The zero-order chi connectivity index (χ0) is 20.8. The van der Waals surface area contributed by atoms with Crippen LogP contribution in [0.1, 0.15) is 30.8 Å². The average molecular weight is 416 g/mol. The first kappa shape index (κ1) is 21.2. The molecule has 1 atom stereocenters. The van der Waals surface area contributed by atoms with E-state index >= 15 is 0 Å². The molecule has 1 aromatic carbocycles. The Hall–Kier alpha value is -2.51. The van der Waals surface area contributed by atoms with Crippen LogP contribution in [0.3, 0.4) is 0 Å². The summed E-state index contributed by atoms with van der Waals surface area (Å²) in [4.78, 5) is 36.3. The number of nitrogens with one attached hydrogen (secondary N) is 2. The van der Waals surface area contributed by atoms with E-state index in [0.29, 0.717) is 25.3 Å². The van der Waals surface area contributed by atoms with Gasteiger partial charge >= 0.3 is 0 Å². The minimum atomic E-state index is -0.602. The van der Waals surface area contributed by atoms with Gasteiger partial charge in [-0.1, -0.05) is 55.8 Å². The van der Waals surface area contributed by atoms with E-state index in [-0.39, 0.29) is 22.7 Å². The Morgan fingerprint density at radius 3 is 2.52 bits per heavy atom. The topological polar surface area (TPSA) is 87.2 Å². The summed E-state index contributed by atoms with van der Waals surface area (Å²) in [6.07, 6.45) is 0.554. The molecule has 154 valence electrons. The van der Waals surface area contributed by atoms with Crippen molar-refractivity contribution in [3.05, 3.63) is 47.2 Å². The van der Waals surface area contributed by atoms with E-state index in [0.717, 1.165) is 18.7 Å². The summed E-state index contributed by atoms with van der Waals surface area (Å²) < 4.78 is 0. The second-order valence-corrected chi connectivity index (χ2v) is 7.88. The van der Waals surface area contributed by atoms with Gasteiger partial charge in [-0.2, -0.15) is 0 Å². The van der Waals surface area contributed by atoms with Crippen LogP contribution >= 0.6 is 11.6 Å². The lowest BCUT2D eigenvalue weighted by Crippen LogP contribution is -2.54. The molecule has 1 aliphatic heterocycles. The summed E-state index contributed by atoms with van der Waals surface area (Å²) in [5, 5.41) is 6.28. The lowest BCUT2D eigenvalue weighted by molar-refractivity contribution is -0.134. The Morgan fingerprint density at radius 2 is 1.86 bits per heavy atom. The molecule has 2 heterocycles. The Balaban J connectivity index is 1.80. The number of aromatic nitrogens is 2. The second kappa shape index (κ2) is 9.80. The van der Waals surface area contributed by atoms with Crippen molar-refractivity contribution in [2.24, 2.45) is 5.92 Å². The number of hydrogen-bond acceptors (Lipinski definition) is 5. The molecule has 0 spiro atoms. The van der Waals surface area contributed by atoms with Gasteiger partial charge in [0.25, 0.3) is 5.91 Å². The predicted octanol–water partition coefficient (Wildman–Crippen LogP) is 2.37. The summed E-state index contributed by atoms with van der Waals surface area (Å²) >= 11 is 6.14. The van der Waals surface area contributed by atoms with E-state index in [1.54, 1.807) is 4.90 Å². The Labute approximate surface area is 175 Å². The number of halogens is 1. The fourth-order valence-electron chi connectivity index (χ4n) is 3.28. The first-order valence-corrected chi connectivity index (χ1v) is 10.2. The van der Waals surface area contributed by atoms with Crippen LogP contribution in [-0.2, 0) is 4.79 Å². The molecule has 3 rings (SSSR count). The fraction of sp³-hybridized carbons (Fsp3) is 0.429. The lowest BCUT2D eigenvalue weighted by Gasteiger charge is -2.31. The zero-order valence-electron chi connectivity index (χ0n) is 16.7. The molecular weight excluding hydrogens is 390 g/mol. The van der Waals surface area contributed by atoms with Crippen molar-refractivity contribution in [2.75, 3.05) is 26.2 Å². The molecule has 2 amide bonds. The monoisotopic (exact) mass is 415 g/mol. The van der Waals surface area contributed by atoms with Gasteiger partial charge in [0, 0.05) is 37.8 Å². The Morgan fingerprint density at radius 1 is 1.17 bits per heavy atom. The molecular formula is C21H26ClN5O2. The molecule has 1 aliphatic rings. The van der Waals surface area contributed by atoms with Crippen LogP contribution < -0.4 is 10.6 Å². The number of carbonyl (C=O) groups excluding carboxylic acids is 2. The van der Waals surface area contributed by atoms with Crippen LogP contribution in [0, 0.1) is 5.92 Å². The second-order valence-electron chi connectivity index (χ2n) is 7.50. The van der Waals surface area contributed by atoms with E-state index in [9.17, 15) is 9.59 Å². The maximum absolute atomic E-state index is 13.0. The van der Waals surface area contributed by atoms with Gasteiger partial charge in [-0.15, -0.1) is 0 Å². The Kier molecular flexibility index (Phi) is 7.17. The fourth-order valence-corrected chi connectivity index (χ4v) is 3.46. The maximum atomic E-state index is 13.0. The highest BCUT2D eigenvalue weighted by Crippen LogP contribution is 2.18. The SMILES string of the molecule is CC(C)CC(NC(=O)c1cc(Cl)nc(-c2ccccc2)n1)C(=O)N1CCNCC1. The van der Waals surface area contributed by atoms with Gasteiger partial charge in [0.05, 0.1) is 0 Å². The standard InChI is InChI=1S/C21H26ClN5O2/c1-14(2)12-17(21(29)27-10-8-23-9-11-27)25-20(28)16-13-18(22)26-19(24-16)15-6-4-3-5-7-15/h3-7,13-14,17,23H,8-12H2,1-2H3,(H,25,28). The van der Waals surface area contributed by atoms with Gasteiger partial charge in [-0.25, -0.2) is 9.97 Å². The molecule has 7 nitrogen and oxygen atoms in total. The summed E-state index contributed by atoms with van der Waals surface area (Å²) in [7, 11) is 0. The molecule has 1 fully saturated rings. The molecule has 8 heteroatoms. The van der Waals surface area contributed by atoms with Crippen LogP contribution in [0.15, 0.2) is 36.4 Å². The minimum Gasteiger partial charge on any atom is -0.339 e. The smallest absolute Gasteiger partial charge is 0.270 e. The molecule has 1 saturated heterocycles. The maximum Gasteiger partial charge on any atom is 0.270 e. The normalized spacial score (nSPS) is 15.2. The highest BCUT2D eigenvalue weighted by Gasteiger charge is 2.28. The molecule has 0 aliphatic carbocycles. The van der Waals surface area contributed by atoms with Crippen molar-refractivity contribution < 1.29 is 9.59 Å². The van der Waals surface area contributed by atoms with Crippen molar-refractivity contribution in [3.8, 4) is 11.4 Å². The van der Waals surface area contributed by atoms with Crippen LogP contribution in [0.2, 0.25) is 5.15 Å². The van der Waals surface area contributed by atoms with Crippen molar-refractivity contribution in [1.82, 2.24) is 25.5 Å². The van der Waals surface area contributed by atoms with Gasteiger partial charge < -0.3 is 15.5 Å². The summed E-state index contributed by atoms with van der Waals surface area (Å²) in [6.45, 7) is 6.85. The van der Waals surface area contributed by atoms with E-state index in [4.69, 9.17) is 11.6 Å². The van der Waals surface area contributed by atoms with Crippen molar-refractivity contribution in [3.63, 3.8) is 0 Å². The van der Waals surface area contributed by atoms with E-state index in [1.807, 2.05) is 44.2 Å². The molecule has 0 bridgehead atoms. The molecule has 0 saturated carbocycles. The van der Waals surface area contributed by atoms with Crippen LogP contribution in [0.4, 0.5) is 0 Å². The minimum absolute atomic E-state index is 0.0583. The van der Waals surface area contributed by atoms with Crippen LogP contribution in [-0.4, -0.2) is 58.9 Å². The van der Waals surface area contributed by atoms with Crippen molar-refractivity contribution in [1.29, 1.82) is 0 Å². The first-order valence-electron chi connectivity index (χ1n) is 9.84. The number of rotatable bonds is 6. The molecule has 2 N–H and O–H groups in total. The summed E-state index contributed by atoms with van der Waals surface area (Å²) in [6, 6.07) is 10.1.